The lowest BCUT2D eigenvalue weighted by atomic mass is 10.2. The van der Waals surface area contributed by atoms with Gasteiger partial charge in [0.05, 0.1) is 6.21 Å². The molecule has 0 unspecified atom stereocenters. The normalized spacial score (nSPS) is 11.5. The van der Waals surface area contributed by atoms with Gasteiger partial charge in [-0.15, -0.1) is 10.2 Å². The second-order valence-corrected chi connectivity index (χ2v) is 4.97. The van der Waals surface area contributed by atoms with Gasteiger partial charge in [-0.1, -0.05) is 30.3 Å². The molecule has 0 fully saturated rings. The highest BCUT2D eigenvalue weighted by Gasteiger charge is 2.07. The van der Waals surface area contributed by atoms with Crippen LogP contribution in [0.25, 0.3) is 22.1 Å². The number of phenolic OH excluding ortho intramolecular Hbond substituents is 1. The van der Waals surface area contributed by atoms with Crippen LogP contribution in [0.4, 0.5) is 5.95 Å². The highest BCUT2D eigenvalue weighted by atomic mass is 16.3. The Hall–Kier alpha value is -3.48. The molecular formula is C16H12N6O. The van der Waals surface area contributed by atoms with Crippen molar-refractivity contribution in [3.63, 3.8) is 0 Å². The average molecular weight is 304 g/mol. The standard InChI is InChI=1S/C16H12N6O/c23-11-5-3-4-10(8-11)9-17-21-16-19-15-14(20-22-16)12-6-1-2-7-13(12)18-15/h1-9,23H,(H2,18,19,21,22)/b17-9-. The number of nitrogens with one attached hydrogen (secondary N) is 2. The minimum Gasteiger partial charge on any atom is -0.508 e. The van der Waals surface area contributed by atoms with Crippen molar-refractivity contribution >= 4 is 34.2 Å². The van der Waals surface area contributed by atoms with Gasteiger partial charge in [-0.2, -0.15) is 10.1 Å². The van der Waals surface area contributed by atoms with E-state index in [9.17, 15) is 5.11 Å². The zero-order chi connectivity index (χ0) is 15.6. The fourth-order valence-electron chi connectivity index (χ4n) is 2.34. The molecule has 0 saturated heterocycles. The summed E-state index contributed by atoms with van der Waals surface area (Å²) in [5, 5.41) is 22.6. The predicted octanol–water partition coefficient (Wildman–Crippen LogP) is 2.66. The van der Waals surface area contributed by atoms with Gasteiger partial charge in [-0.25, -0.2) is 5.43 Å². The van der Waals surface area contributed by atoms with Gasteiger partial charge >= 0.3 is 0 Å². The summed E-state index contributed by atoms with van der Waals surface area (Å²) in [5.41, 5.74) is 5.83. The molecule has 7 heteroatoms. The molecule has 7 nitrogen and oxygen atoms in total. The number of hydrogen-bond donors (Lipinski definition) is 3. The molecule has 0 aliphatic rings. The SMILES string of the molecule is Oc1cccc(/C=N\Nc2nnc3c(n2)[nH]c2ccccc23)c1. The highest BCUT2D eigenvalue weighted by molar-refractivity contribution is 6.03. The number of benzene rings is 2. The van der Waals surface area contributed by atoms with Crippen LogP contribution < -0.4 is 5.43 Å². The van der Waals surface area contributed by atoms with Crippen molar-refractivity contribution in [3.05, 3.63) is 54.1 Å². The van der Waals surface area contributed by atoms with E-state index in [1.807, 2.05) is 30.3 Å². The molecule has 2 aromatic carbocycles. The van der Waals surface area contributed by atoms with Crippen LogP contribution in [0.5, 0.6) is 5.75 Å². The van der Waals surface area contributed by atoms with Crippen molar-refractivity contribution in [2.75, 3.05) is 5.43 Å². The van der Waals surface area contributed by atoms with Crippen LogP contribution in [-0.4, -0.2) is 31.5 Å². The van der Waals surface area contributed by atoms with Gasteiger partial charge in [0, 0.05) is 10.9 Å². The van der Waals surface area contributed by atoms with Gasteiger partial charge in [0.1, 0.15) is 11.3 Å². The Labute approximate surface area is 130 Å². The summed E-state index contributed by atoms with van der Waals surface area (Å²) in [6.45, 7) is 0. The van der Waals surface area contributed by atoms with E-state index in [0.717, 1.165) is 22.0 Å². The zero-order valence-corrected chi connectivity index (χ0v) is 11.9. The quantitative estimate of drug-likeness (QED) is 0.399. The predicted molar refractivity (Wildman–Crippen MR) is 88.5 cm³/mol. The Morgan fingerprint density at radius 2 is 2.00 bits per heavy atom. The second-order valence-electron chi connectivity index (χ2n) is 4.97. The molecule has 0 amide bonds. The van der Waals surface area contributed by atoms with Gasteiger partial charge in [0.2, 0.25) is 0 Å². The van der Waals surface area contributed by atoms with Crippen molar-refractivity contribution in [3.8, 4) is 5.75 Å². The Kier molecular flexibility index (Phi) is 3.09. The first kappa shape index (κ1) is 13.2. The smallest absolute Gasteiger partial charge is 0.265 e. The number of H-pyrrole nitrogens is 1. The molecule has 3 N–H and O–H groups in total. The van der Waals surface area contributed by atoms with E-state index in [2.05, 4.69) is 30.7 Å². The van der Waals surface area contributed by atoms with E-state index >= 15 is 0 Å². The first-order valence-electron chi connectivity index (χ1n) is 6.99. The fourth-order valence-corrected chi connectivity index (χ4v) is 2.34. The summed E-state index contributed by atoms with van der Waals surface area (Å²) >= 11 is 0. The molecule has 0 saturated carbocycles. The maximum atomic E-state index is 9.40. The number of aromatic nitrogens is 4. The molecule has 0 aliphatic heterocycles. The molecule has 112 valence electrons. The van der Waals surface area contributed by atoms with Crippen molar-refractivity contribution in [2.24, 2.45) is 5.10 Å². The number of hydrazone groups is 1. The van der Waals surface area contributed by atoms with Crippen LogP contribution in [0.3, 0.4) is 0 Å². The Morgan fingerprint density at radius 3 is 2.91 bits per heavy atom. The van der Waals surface area contributed by atoms with Crippen LogP contribution in [-0.2, 0) is 0 Å². The lowest BCUT2D eigenvalue weighted by molar-refractivity contribution is 0.475. The van der Waals surface area contributed by atoms with Crippen LogP contribution in [0, 0.1) is 0 Å². The first-order valence-corrected chi connectivity index (χ1v) is 6.99. The molecule has 0 atom stereocenters. The second kappa shape index (κ2) is 5.38. The summed E-state index contributed by atoms with van der Waals surface area (Å²) in [6.07, 6.45) is 1.57. The third kappa shape index (κ3) is 2.55. The number of phenols is 1. The minimum atomic E-state index is 0.186. The van der Waals surface area contributed by atoms with Gasteiger partial charge in [0.25, 0.3) is 5.95 Å². The molecule has 4 aromatic rings. The summed E-state index contributed by atoms with van der Waals surface area (Å²) < 4.78 is 0. The molecule has 0 spiro atoms. The van der Waals surface area contributed by atoms with E-state index < -0.39 is 0 Å². The maximum absolute atomic E-state index is 9.40. The third-order valence-electron chi connectivity index (χ3n) is 3.37. The van der Waals surface area contributed by atoms with E-state index in [1.165, 1.54) is 0 Å². The molecule has 0 radical (unpaired) electrons. The highest BCUT2D eigenvalue weighted by Crippen LogP contribution is 2.21. The van der Waals surface area contributed by atoms with E-state index in [4.69, 9.17) is 0 Å². The Morgan fingerprint density at radius 1 is 1.09 bits per heavy atom. The largest absolute Gasteiger partial charge is 0.508 e. The molecule has 0 aliphatic carbocycles. The van der Waals surface area contributed by atoms with E-state index in [1.54, 1.807) is 24.4 Å². The van der Waals surface area contributed by atoms with Crippen molar-refractivity contribution in [1.29, 1.82) is 0 Å². The van der Waals surface area contributed by atoms with Gasteiger partial charge in [0.15, 0.2) is 5.65 Å². The van der Waals surface area contributed by atoms with Crippen LogP contribution in [0.2, 0.25) is 0 Å². The summed E-state index contributed by atoms with van der Waals surface area (Å²) in [6, 6.07) is 14.6. The number of anilines is 1. The van der Waals surface area contributed by atoms with Gasteiger partial charge in [-0.3, -0.25) is 0 Å². The number of rotatable bonds is 3. The summed E-state index contributed by atoms with van der Waals surface area (Å²) in [4.78, 5) is 7.55. The van der Waals surface area contributed by atoms with Crippen LogP contribution in [0.15, 0.2) is 53.6 Å². The molecule has 0 bridgehead atoms. The Bertz CT molecular complexity index is 1020. The van der Waals surface area contributed by atoms with Gasteiger partial charge in [-0.05, 0) is 23.8 Å². The number of aromatic hydroxyl groups is 1. The van der Waals surface area contributed by atoms with Gasteiger partial charge < -0.3 is 10.1 Å². The number of nitrogens with zero attached hydrogens (tertiary/aromatic N) is 4. The minimum absolute atomic E-state index is 0.186. The number of hydrogen-bond acceptors (Lipinski definition) is 6. The molecule has 23 heavy (non-hydrogen) atoms. The molecule has 2 aromatic heterocycles. The van der Waals surface area contributed by atoms with Crippen LogP contribution >= 0.6 is 0 Å². The monoisotopic (exact) mass is 304 g/mol. The number of fused-ring (bicyclic) bond motifs is 3. The number of para-hydroxylation sites is 1. The lowest BCUT2D eigenvalue weighted by Gasteiger charge is -1.97. The topological polar surface area (TPSA) is 99.1 Å². The molecule has 2 heterocycles. The molecule has 4 rings (SSSR count). The lowest BCUT2D eigenvalue weighted by Crippen LogP contribution is -1.98. The van der Waals surface area contributed by atoms with E-state index in [0.29, 0.717) is 11.6 Å². The Balaban J connectivity index is 1.61. The van der Waals surface area contributed by atoms with Crippen molar-refractivity contribution in [1.82, 2.24) is 20.2 Å². The fraction of sp³-hybridized carbons (Fsp3) is 0. The maximum Gasteiger partial charge on any atom is 0.265 e. The summed E-state index contributed by atoms with van der Waals surface area (Å²) in [5.74, 6) is 0.479. The number of aromatic amines is 1. The third-order valence-corrected chi connectivity index (χ3v) is 3.37. The van der Waals surface area contributed by atoms with Crippen LogP contribution in [0.1, 0.15) is 5.56 Å². The average Bonchev–Trinajstić information content (AvgIpc) is 2.92. The zero-order valence-electron chi connectivity index (χ0n) is 11.9. The first-order chi connectivity index (χ1) is 11.3. The van der Waals surface area contributed by atoms with E-state index in [-0.39, 0.29) is 5.75 Å². The summed E-state index contributed by atoms with van der Waals surface area (Å²) in [7, 11) is 0. The van der Waals surface area contributed by atoms with Crippen molar-refractivity contribution in [2.45, 2.75) is 0 Å². The van der Waals surface area contributed by atoms with Crippen molar-refractivity contribution < 1.29 is 5.11 Å². The molecular weight excluding hydrogens is 292 g/mol.